The second-order valence-corrected chi connectivity index (χ2v) is 5.51. The van der Waals surface area contributed by atoms with Crippen molar-refractivity contribution >= 4 is 0 Å². The van der Waals surface area contributed by atoms with E-state index in [2.05, 4.69) is 27.7 Å². The number of hydrogen-bond donors (Lipinski definition) is 0. The Labute approximate surface area is 81.9 Å². The van der Waals surface area contributed by atoms with Gasteiger partial charge in [-0.25, -0.2) is 0 Å². The highest BCUT2D eigenvalue weighted by molar-refractivity contribution is 5.03. The SMILES string of the molecule is CC(C)C1(C(C)C)CC2CC1CO2. The molecule has 0 radical (unpaired) electrons. The number of rotatable bonds is 2. The molecule has 1 heterocycles. The van der Waals surface area contributed by atoms with E-state index in [-0.39, 0.29) is 0 Å². The van der Waals surface area contributed by atoms with Gasteiger partial charge in [-0.1, -0.05) is 27.7 Å². The first kappa shape index (κ1) is 9.51. The van der Waals surface area contributed by atoms with Gasteiger partial charge in [-0.2, -0.15) is 0 Å². The van der Waals surface area contributed by atoms with Crippen LogP contribution in [0.3, 0.4) is 0 Å². The maximum atomic E-state index is 5.71. The first-order valence-electron chi connectivity index (χ1n) is 5.69. The minimum atomic E-state index is 0.586. The second-order valence-electron chi connectivity index (χ2n) is 5.51. The summed E-state index contributed by atoms with van der Waals surface area (Å²) in [6.45, 7) is 10.6. The molecule has 1 aliphatic carbocycles. The van der Waals surface area contributed by atoms with Crippen LogP contribution >= 0.6 is 0 Å². The average Bonchev–Trinajstić information content (AvgIpc) is 2.61. The Hall–Kier alpha value is -0.0400. The molecule has 2 aliphatic rings. The molecule has 1 aliphatic heterocycles. The van der Waals surface area contributed by atoms with Crippen molar-refractivity contribution in [1.82, 2.24) is 0 Å². The van der Waals surface area contributed by atoms with Crippen LogP contribution in [-0.2, 0) is 4.74 Å². The summed E-state index contributed by atoms with van der Waals surface area (Å²) >= 11 is 0. The van der Waals surface area contributed by atoms with Crippen molar-refractivity contribution in [2.24, 2.45) is 23.2 Å². The molecule has 2 bridgehead atoms. The Bertz CT molecular complexity index is 187. The van der Waals surface area contributed by atoms with Crippen molar-refractivity contribution in [3.63, 3.8) is 0 Å². The van der Waals surface area contributed by atoms with Crippen molar-refractivity contribution in [3.05, 3.63) is 0 Å². The maximum absolute atomic E-state index is 5.71. The summed E-state index contributed by atoms with van der Waals surface area (Å²) in [5, 5.41) is 0. The molecule has 76 valence electrons. The molecule has 0 aromatic heterocycles. The molecule has 0 aromatic carbocycles. The van der Waals surface area contributed by atoms with Crippen LogP contribution in [-0.4, -0.2) is 12.7 Å². The van der Waals surface area contributed by atoms with Crippen LogP contribution in [0.25, 0.3) is 0 Å². The zero-order valence-corrected chi connectivity index (χ0v) is 9.34. The fourth-order valence-electron chi connectivity index (χ4n) is 3.86. The summed E-state index contributed by atoms with van der Waals surface area (Å²) in [7, 11) is 0. The lowest BCUT2D eigenvalue weighted by atomic mass is 9.62. The zero-order chi connectivity index (χ0) is 9.64. The van der Waals surface area contributed by atoms with Gasteiger partial charge in [0.15, 0.2) is 0 Å². The van der Waals surface area contributed by atoms with E-state index in [9.17, 15) is 0 Å². The molecule has 1 saturated carbocycles. The summed E-state index contributed by atoms with van der Waals surface area (Å²) < 4.78 is 5.71. The molecule has 2 fully saturated rings. The van der Waals surface area contributed by atoms with Gasteiger partial charge in [0.2, 0.25) is 0 Å². The van der Waals surface area contributed by atoms with Crippen LogP contribution in [0.15, 0.2) is 0 Å². The third kappa shape index (κ3) is 1.16. The minimum absolute atomic E-state index is 0.586. The van der Waals surface area contributed by atoms with Gasteiger partial charge in [0.1, 0.15) is 0 Å². The molecule has 0 spiro atoms. The van der Waals surface area contributed by atoms with Crippen LogP contribution < -0.4 is 0 Å². The molecule has 2 unspecified atom stereocenters. The molecule has 13 heavy (non-hydrogen) atoms. The van der Waals surface area contributed by atoms with Gasteiger partial charge in [-0.15, -0.1) is 0 Å². The molecule has 0 N–H and O–H groups in total. The predicted molar refractivity (Wildman–Crippen MR) is 54.6 cm³/mol. The molecular formula is C12H22O. The van der Waals surface area contributed by atoms with E-state index >= 15 is 0 Å². The topological polar surface area (TPSA) is 9.23 Å². The molecule has 0 aromatic rings. The summed E-state index contributed by atoms with van der Waals surface area (Å²) in [5.74, 6) is 2.47. The smallest absolute Gasteiger partial charge is 0.0584 e. The molecule has 0 amide bonds. The molecule has 1 heteroatoms. The van der Waals surface area contributed by atoms with E-state index in [0.29, 0.717) is 11.5 Å². The van der Waals surface area contributed by atoms with E-state index in [1.54, 1.807) is 0 Å². The lowest BCUT2D eigenvalue weighted by molar-refractivity contribution is -0.0461. The van der Waals surface area contributed by atoms with Crippen molar-refractivity contribution in [2.75, 3.05) is 6.61 Å². The number of ether oxygens (including phenoxy) is 1. The number of hydrogen-bond acceptors (Lipinski definition) is 1. The third-order valence-electron chi connectivity index (χ3n) is 4.57. The predicted octanol–water partition coefficient (Wildman–Crippen LogP) is 3.09. The van der Waals surface area contributed by atoms with Gasteiger partial charge in [-0.05, 0) is 36.0 Å². The standard InChI is InChI=1S/C12H22O/c1-8(2)12(9(3)4)6-11-5-10(12)7-13-11/h8-11H,5-7H2,1-4H3. The van der Waals surface area contributed by atoms with E-state index < -0.39 is 0 Å². The maximum Gasteiger partial charge on any atom is 0.0584 e. The second kappa shape index (κ2) is 2.98. The summed E-state index contributed by atoms with van der Waals surface area (Å²) in [4.78, 5) is 0. The fraction of sp³-hybridized carbons (Fsp3) is 1.00. The Morgan fingerprint density at radius 1 is 1.15 bits per heavy atom. The monoisotopic (exact) mass is 182 g/mol. The van der Waals surface area contributed by atoms with Crippen LogP contribution in [0.4, 0.5) is 0 Å². The van der Waals surface area contributed by atoms with Crippen molar-refractivity contribution in [1.29, 1.82) is 0 Å². The normalized spacial score (nSPS) is 36.5. The Kier molecular flexibility index (Phi) is 2.18. The largest absolute Gasteiger partial charge is 0.378 e. The highest BCUT2D eigenvalue weighted by Gasteiger charge is 2.54. The summed E-state index contributed by atoms with van der Waals surface area (Å²) in [6, 6.07) is 0. The zero-order valence-electron chi connectivity index (χ0n) is 9.34. The van der Waals surface area contributed by atoms with Gasteiger partial charge >= 0.3 is 0 Å². The van der Waals surface area contributed by atoms with Gasteiger partial charge in [0.25, 0.3) is 0 Å². The molecule has 2 atom stereocenters. The molecule has 2 rings (SSSR count). The minimum Gasteiger partial charge on any atom is -0.378 e. The van der Waals surface area contributed by atoms with Crippen LogP contribution in [0, 0.1) is 23.2 Å². The van der Waals surface area contributed by atoms with E-state index in [0.717, 1.165) is 24.4 Å². The van der Waals surface area contributed by atoms with Crippen LogP contribution in [0.2, 0.25) is 0 Å². The van der Waals surface area contributed by atoms with E-state index in [4.69, 9.17) is 4.74 Å². The highest BCUT2D eigenvalue weighted by Crippen LogP contribution is 2.57. The number of fused-ring (bicyclic) bond motifs is 2. The Morgan fingerprint density at radius 2 is 1.77 bits per heavy atom. The summed E-state index contributed by atoms with van der Waals surface area (Å²) in [6.07, 6.45) is 3.23. The van der Waals surface area contributed by atoms with Gasteiger partial charge < -0.3 is 4.74 Å². The van der Waals surface area contributed by atoms with Gasteiger partial charge in [0.05, 0.1) is 12.7 Å². The first-order chi connectivity index (χ1) is 6.07. The van der Waals surface area contributed by atoms with Gasteiger partial charge in [-0.3, -0.25) is 0 Å². The average molecular weight is 182 g/mol. The fourth-order valence-corrected chi connectivity index (χ4v) is 3.86. The van der Waals surface area contributed by atoms with E-state index in [1.807, 2.05) is 0 Å². The Morgan fingerprint density at radius 3 is 2.00 bits per heavy atom. The first-order valence-corrected chi connectivity index (χ1v) is 5.69. The molecular weight excluding hydrogens is 160 g/mol. The van der Waals surface area contributed by atoms with Crippen molar-refractivity contribution in [2.45, 2.75) is 46.6 Å². The highest BCUT2D eigenvalue weighted by atomic mass is 16.5. The molecule has 1 saturated heterocycles. The lowest BCUT2D eigenvalue weighted by Gasteiger charge is -2.44. The van der Waals surface area contributed by atoms with Gasteiger partial charge in [0, 0.05) is 0 Å². The van der Waals surface area contributed by atoms with E-state index in [1.165, 1.54) is 12.8 Å². The molecule has 1 nitrogen and oxygen atoms in total. The van der Waals surface area contributed by atoms with Crippen LogP contribution in [0.1, 0.15) is 40.5 Å². The summed E-state index contributed by atoms with van der Waals surface area (Å²) in [5.41, 5.74) is 0.586. The Balaban J connectivity index is 2.25. The van der Waals surface area contributed by atoms with Crippen molar-refractivity contribution < 1.29 is 4.74 Å². The lowest BCUT2D eigenvalue weighted by Crippen LogP contribution is -2.41. The van der Waals surface area contributed by atoms with Crippen LogP contribution in [0.5, 0.6) is 0 Å². The third-order valence-corrected chi connectivity index (χ3v) is 4.57. The van der Waals surface area contributed by atoms with Crippen molar-refractivity contribution in [3.8, 4) is 0 Å². The quantitative estimate of drug-likeness (QED) is 0.637.